The summed E-state index contributed by atoms with van der Waals surface area (Å²) < 4.78 is 11.3. The lowest BCUT2D eigenvalue weighted by molar-refractivity contribution is -0.133. The molecule has 0 unspecified atom stereocenters. The minimum absolute atomic E-state index is 0.0543. The van der Waals surface area contributed by atoms with Crippen molar-refractivity contribution in [3.8, 4) is 5.88 Å². The van der Waals surface area contributed by atoms with Gasteiger partial charge in [-0.25, -0.2) is 4.79 Å². The van der Waals surface area contributed by atoms with Crippen molar-refractivity contribution in [3.05, 3.63) is 23.8 Å². The van der Waals surface area contributed by atoms with Gasteiger partial charge in [0.05, 0.1) is 37.1 Å². The zero-order valence-corrected chi connectivity index (χ0v) is 17.3. The number of aliphatic carboxylic acids is 1. The van der Waals surface area contributed by atoms with Crippen molar-refractivity contribution in [1.82, 2.24) is 10.3 Å². The second kappa shape index (κ2) is 10.1. The lowest BCUT2D eigenvalue weighted by atomic mass is 9.87. The van der Waals surface area contributed by atoms with Crippen LogP contribution in [0.1, 0.15) is 40.0 Å². The molecule has 29 heavy (non-hydrogen) atoms. The number of nitrogens with zero attached hydrogens (tertiary/aromatic N) is 1. The van der Waals surface area contributed by atoms with E-state index in [-0.39, 0.29) is 24.0 Å². The van der Waals surface area contributed by atoms with Gasteiger partial charge < -0.3 is 30.9 Å². The van der Waals surface area contributed by atoms with E-state index in [9.17, 15) is 14.7 Å². The number of aromatic nitrogens is 1. The second-order valence-corrected chi connectivity index (χ2v) is 7.01. The van der Waals surface area contributed by atoms with Crippen LogP contribution in [-0.2, 0) is 14.3 Å². The minimum atomic E-state index is -1.03. The molecule has 0 aliphatic heterocycles. The van der Waals surface area contributed by atoms with Gasteiger partial charge in [-0.1, -0.05) is 13.8 Å². The molecule has 1 aromatic rings. The minimum Gasteiger partial charge on any atom is -0.481 e. The Morgan fingerprint density at radius 3 is 2.59 bits per heavy atom. The third kappa shape index (κ3) is 5.83. The molecule has 9 nitrogen and oxygen atoms in total. The molecule has 0 fully saturated rings. The van der Waals surface area contributed by atoms with Gasteiger partial charge in [0, 0.05) is 25.0 Å². The molecule has 1 heterocycles. The quantitative estimate of drug-likeness (QED) is 0.488. The third-order valence-corrected chi connectivity index (χ3v) is 4.93. The number of pyridine rings is 1. The molecule has 0 bridgehead atoms. The summed E-state index contributed by atoms with van der Waals surface area (Å²) in [5.41, 5.74) is 6.63. The zero-order valence-electron chi connectivity index (χ0n) is 17.3. The summed E-state index contributed by atoms with van der Waals surface area (Å²) in [5.74, 6) is -0.536. The lowest BCUT2D eigenvalue weighted by Gasteiger charge is -2.38. The molecule has 2 rings (SSSR count). The molecule has 1 amide bonds. The summed E-state index contributed by atoms with van der Waals surface area (Å²) in [6.45, 7) is 5.42. The Balaban J connectivity index is 2.40. The Bertz CT molecular complexity index is 763. The fourth-order valence-electron chi connectivity index (χ4n) is 3.36. The van der Waals surface area contributed by atoms with Crippen LogP contribution in [0, 0.1) is 0 Å². The number of methoxy groups -OCH3 is 1. The van der Waals surface area contributed by atoms with Crippen LogP contribution in [0.5, 0.6) is 5.88 Å². The van der Waals surface area contributed by atoms with Crippen molar-refractivity contribution in [3.63, 3.8) is 0 Å². The molecule has 9 heteroatoms. The Morgan fingerprint density at radius 1 is 1.34 bits per heavy atom. The highest BCUT2D eigenvalue weighted by Gasteiger charge is 2.38. The van der Waals surface area contributed by atoms with E-state index < -0.39 is 24.2 Å². The number of nitrogen functional groups attached to an aromatic ring is 1. The summed E-state index contributed by atoms with van der Waals surface area (Å²) in [5, 5.41) is 15.7. The second-order valence-electron chi connectivity index (χ2n) is 7.01. The van der Waals surface area contributed by atoms with Crippen molar-refractivity contribution in [2.75, 3.05) is 18.2 Å². The first-order valence-electron chi connectivity index (χ1n) is 9.72. The fraction of sp³-hybridized carbons (Fsp3) is 0.550. The van der Waals surface area contributed by atoms with Gasteiger partial charge in [-0.2, -0.15) is 4.98 Å². The number of nitrogens with two attached hydrogens (primary N) is 1. The van der Waals surface area contributed by atoms with E-state index in [1.807, 2.05) is 13.8 Å². The summed E-state index contributed by atoms with van der Waals surface area (Å²) in [4.78, 5) is 27.9. The maximum Gasteiger partial charge on any atom is 0.331 e. The molecule has 0 saturated heterocycles. The van der Waals surface area contributed by atoms with Crippen LogP contribution in [-0.4, -0.2) is 53.4 Å². The van der Waals surface area contributed by atoms with E-state index in [2.05, 4.69) is 15.6 Å². The van der Waals surface area contributed by atoms with Gasteiger partial charge in [0.2, 0.25) is 11.8 Å². The van der Waals surface area contributed by atoms with Gasteiger partial charge in [-0.15, -0.1) is 0 Å². The Kier molecular flexibility index (Phi) is 7.83. The fourth-order valence-corrected chi connectivity index (χ4v) is 3.36. The Hall–Kier alpha value is -2.81. The first-order valence-corrected chi connectivity index (χ1v) is 9.72. The van der Waals surface area contributed by atoms with E-state index in [0.29, 0.717) is 17.4 Å². The monoisotopic (exact) mass is 406 g/mol. The smallest absolute Gasteiger partial charge is 0.331 e. The van der Waals surface area contributed by atoms with Crippen LogP contribution in [0.4, 0.5) is 11.5 Å². The van der Waals surface area contributed by atoms with Crippen LogP contribution in [0.15, 0.2) is 23.8 Å². The maximum absolute atomic E-state index is 11.9. The number of rotatable bonds is 9. The molecule has 0 radical (unpaired) electrons. The normalized spacial score (nSPS) is 21.4. The average Bonchev–Trinajstić information content (AvgIpc) is 2.69. The van der Waals surface area contributed by atoms with Gasteiger partial charge in [-0.3, -0.25) is 4.79 Å². The molecule has 3 atom stereocenters. The van der Waals surface area contributed by atoms with E-state index in [1.54, 1.807) is 18.2 Å². The number of hydrogen-bond acceptors (Lipinski definition) is 7. The average molecular weight is 406 g/mol. The first kappa shape index (κ1) is 22.5. The van der Waals surface area contributed by atoms with Crippen LogP contribution in [0.3, 0.4) is 0 Å². The molecule has 1 aromatic heterocycles. The van der Waals surface area contributed by atoms with Gasteiger partial charge in [0.25, 0.3) is 0 Å². The number of carbonyl (C=O) groups is 2. The number of hydrogen-bond donors (Lipinski definition) is 4. The van der Waals surface area contributed by atoms with E-state index in [0.717, 1.165) is 12.8 Å². The molecular formula is C20H30N4O5. The highest BCUT2D eigenvalue weighted by atomic mass is 16.5. The molecule has 160 valence electrons. The van der Waals surface area contributed by atoms with Gasteiger partial charge in [0.15, 0.2) is 5.82 Å². The standard InChI is InChI=1S/C20H30N4O5/c1-5-13(6-2)29-16-10-12(20(26)27)9-15(18(16)22-11(3)25)23-19-14(21)7-8-17(24-19)28-4/h7-8,10,13,15-16,18H,5-6,9,21H2,1-4H3,(H,22,25)(H,23,24)(H,26,27)/t15-,16+,18+/m0/s1. The zero-order chi connectivity index (χ0) is 21.6. The Morgan fingerprint density at radius 2 is 2.03 bits per heavy atom. The maximum atomic E-state index is 11.9. The van der Waals surface area contributed by atoms with Crippen LogP contribution in [0.2, 0.25) is 0 Å². The summed E-state index contributed by atoms with van der Waals surface area (Å²) >= 11 is 0. The van der Waals surface area contributed by atoms with Crippen molar-refractivity contribution in [2.24, 2.45) is 0 Å². The van der Waals surface area contributed by atoms with E-state index >= 15 is 0 Å². The van der Waals surface area contributed by atoms with Crippen LogP contribution >= 0.6 is 0 Å². The predicted molar refractivity (Wildman–Crippen MR) is 110 cm³/mol. The highest BCUT2D eigenvalue weighted by molar-refractivity contribution is 5.87. The first-order chi connectivity index (χ1) is 13.8. The predicted octanol–water partition coefficient (Wildman–Crippen LogP) is 1.95. The number of carbonyl (C=O) groups excluding carboxylic acids is 1. The topological polar surface area (TPSA) is 136 Å². The number of amides is 1. The molecule has 0 saturated carbocycles. The number of anilines is 2. The summed E-state index contributed by atoms with van der Waals surface area (Å²) in [7, 11) is 1.49. The molecule has 1 aliphatic rings. The van der Waals surface area contributed by atoms with E-state index in [4.69, 9.17) is 15.2 Å². The largest absolute Gasteiger partial charge is 0.481 e. The van der Waals surface area contributed by atoms with Gasteiger partial charge >= 0.3 is 5.97 Å². The van der Waals surface area contributed by atoms with Crippen LogP contribution < -0.4 is 21.1 Å². The number of carboxylic acids is 1. The van der Waals surface area contributed by atoms with Crippen molar-refractivity contribution in [1.29, 1.82) is 0 Å². The van der Waals surface area contributed by atoms with Gasteiger partial charge in [0.1, 0.15) is 0 Å². The molecule has 0 spiro atoms. The Labute approximate surface area is 170 Å². The van der Waals surface area contributed by atoms with Gasteiger partial charge in [-0.05, 0) is 25.0 Å². The molecule has 1 aliphatic carbocycles. The number of nitrogens with one attached hydrogen (secondary N) is 2. The summed E-state index contributed by atoms with van der Waals surface area (Å²) in [6.07, 6.45) is 2.65. The number of carboxylic acid groups (broad SMARTS) is 1. The highest BCUT2D eigenvalue weighted by Crippen LogP contribution is 2.29. The number of ether oxygens (including phenoxy) is 2. The molecule has 0 aromatic carbocycles. The van der Waals surface area contributed by atoms with E-state index in [1.165, 1.54) is 14.0 Å². The third-order valence-electron chi connectivity index (χ3n) is 4.93. The molecule has 5 N–H and O–H groups in total. The summed E-state index contributed by atoms with van der Waals surface area (Å²) in [6, 6.07) is 2.30. The lowest BCUT2D eigenvalue weighted by Crippen LogP contribution is -2.56. The van der Waals surface area contributed by atoms with Crippen molar-refractivity contribution >= 4 is 23.4 Å². The van der Waals surface area contributed by atoms with Crippen LogP contribution in [0.25, 0.3) is 0 Å². The molecular weight excluding hydrogens is 376 g/mol. The van der Waals surface area contributed by atoms with Crippen molar-refractivity contribution in [2.45, 2.75) is 64.3 Å². The van der Waals surface area contributed by atoms with Crippen molar-refractivity contribution < 1.29 is 24.2 Å². The SMILES string of the molecule is CCC(CC)O[C@@H]1C=C(C(=O)O)C[C@H](Nc2nc(OC)ccc2N)[C@H]1NC(C)=O.